The van der Waals surface area contributed by atoms with Crippen molar-refractivity contribution in [3.63, 3.8) is 0 Å². The molecule has 0 radical (unpaired) electrons. The van der Waals surface area contributed by atoms with Gasteiger partial charge in [-0.25, -0.2) is 4.99 Å². The molecule has 1 N–H and O–H groups in total. The molecule has 0 saturated carbocycles. The molecule has 3 aromatic rings. The third-order valence-electron chi connectivity index (χ3n) is 5.51. The van der Waals surface area contributed by atoms with Crippen molar-refractivity contribution in [2.24, 2.45) is 4.99 Å². The fourth-order valence-corrected chi connectivity index (χ4v) is 4.95. The Balaban J connectivity index is 1.50. The number of rotatable bonds is 8. The highest BCUT2D eigenvalue weighted by Crippen LogP contribution is 2.31. The number of carbonyl (C=O) groups excluding carboxylic acids is 2. The van der Waals surface area contributed by atoms with Crippen LogP contribution in [0.2, 0.25) is 5.02 Å². The summed E-state index contributed by atoms with van der Waals surface area (Å²) in [5.74, 6) is 0.282. The molecule has 35 heavy (non-hydrogen) atoms. The van der Waals surface area contributed by atoms with Crippen LogP contribution in [0.3, 0.4) is 0 Å². The first kappa shape index (κ1) is 24.8. The second-order valence-corrected chi connectivity index (χ2v) is 9.64. The molecule has 3 aromatic carbocycles. The fraction of sp³-hybridized carbons (Fsp3) is 0.222. The molecule has 1 atom stereocenters. The maximum absolute atomic E-state index is 13.2. The molecule has 0 bridgehead atoms. The van der Waals surface area contributed by atoms with Gasteiger partial charge in [-0.15, -0.1) is 0 Å². The molecule has 1 aliphatic heterocycles. The van der Waals surface area contributed by atoms with Gasteiger partial charge in [0, 0.05) is 29.7 Å². The highest BCUT2D eigenvalue weighted by molar-refractivity contribution is 8.15. The predicted molar refractivity (Wildman–Crippen MR) is 143 cm³/mol. The van der Waals surface area contributed by atoms with Crippen LogP contribution in [0.5, 0.6) is 5.75 Å². The quantitative estimate of drug-likeness (QED) is 0.409. The summed E-state index contributed by atoms with van der Waals surface area (Å²) in [6.45, 7) is 0.525. The number of benzene rings is 3. The number of aliphatic imine (C=N–C) groups is 1. The molecule has 4 rings (SSSR count). The molecule has 180 valence electrons. The summed E-state index contributed by atoms with van der Waals surface area (Å²) < 4.78 is 5.23. The molecule has 0 aliphatic carbocycles. The first-order valence-electron chi connectivity index (χ1n) is 11.3. The van der Waals surface area contributed by atoms with Crippen molar-refractivity contribution in [1.82, 2.24) is 4.90 Å². The molecular formula is C27H26ClN3O3S. The van der Waals surface area contributed by atoms with Crippen molar-refractivity contribution >= 4 is 51.7 Å². The predicted octanol–water partition coefficient (Wildman–Crippen LogP) is 5.94. The van der Waals surface area contributed by atoms with Crippen LogP contribution in [0, 0.1) is 0 Å². The second kappa shape index (κ2) is 11.9. The van der Waals surface area contributed by atoms with E-state index < -0.39 is 5.25 Å². The lowest BCUT2D eigenvalue weighted by Gasteiger charge is -2.32. The highest BCUT2D eigenvalue weighted by Gasteiger charge is 2.35. The minimum Gasteiger partial charge on any atom is -0.497 e. The van der Waals surface area contributed by atoms with E-state index in [1.165, 1.54) is 17.3 Å². The summed E-state index contributed by atoms with van der Waals surface area (Å²) in [7, 11) is 1.57. The van der Waals surface area contributed by atoms with Gasteiger partial charge in [-0.3, -0.25) is 14.5 Å². The zero-order chi connectivity index (χ0) is 24.6. The number of thioether (sulfide) groups is 1. The van der Waals surface area contributed by atoms with Crippen molar-refractivity contribution < 1.29 is 14.3 Å². The first-order valence-corrected chi connectivity index (χ1v) is 12.6. The molecule has 1 fully saturated rings. The van der Waals surface area contributed by atoms with Gasteiger partial charge in [0.2, 0.25) is 11.8 Å². The zero-order valence-electron chi connectivity index (χ0n) is 19.3. The van der Waals surface area contributed by atoms with Crippen LogP contribution in [-0.2, 0) is 16.0 Å². The van der Waals surface area contributed by atoms with Gasteiger partial charge >= 0.3 is 0 Å². The molecule has 1 unspecified atom stereocenters. The third-order valence-corrected chi connectivity index (χ3v) is 6.95. The molecule has 6 nitrogen and oxygen atoms in total. The van der Waals surface area contributed by atoms with Crippen molar-refractivity contribution in [2.75, 3.05) is 19.0 Å². The first-order chi connectivity index (χ1) is 17.0. The number of aryl methyl sites for hydroxylation is 1. The molecule has 0 aromatic heterocycles. The smallest absolute Gasteiger partial charge is 0.238 e. The lowest BCUT2D eigenvalue weighted by Crippen LogP contribution is -2.45. The summed E-state index contributed by atoms with van der Waals surface area (Å²) in [6.07, 6.45) is 1.74. The van der Waals surface area contributed by atoms with E-state index in [0.29, 0.717) is 33.9 Å². The number of amides is 2. The third kappa shape index (κ3) is 6.87. The molecule has 1 heterocycles. The largest absolute Gasteiger partial charge is 0.497 e. The molecule has 1 saturated heterocycles. The van der Waals surface area contributed by atoms with E-state index >= 15 is 0 Å². The number of methoxy groups -OCH3 is 1. The summed E-state index contributed by atoms with van der Waals surface area (Å²) in [5.41, 5.74) is 2.51. The average Bonchev–Trinajstić information content (AvgIpc) is 2.87. The second-order valence-electron chi connectivity index (χ2n) is 8.04. The maximum Gasteiger partial charge on any atom is 0.238 e. The number of nitrogens with zero attached hydrogens (tertiary/aromatic N) is 2. The molecular weight excluding hydrogens is 482 g/mol. The van der Waals surface area contributed by atoms with Crippen LogP contribution in [0.25, 0.3) is 0 Å². The topological polar surface area (TPSA) is 71.0 Å². The van der Waals surface area contributed by atoms with Crippen molar-refractivity contribution in [2.45, 2.75) is 24.5 Å². The van der Waals surface area contributed by atoms with Crippen LogP contribution in [0.1, 0.15) is 18.4 Å². The van der Waals surface area contributed by atoms with E-state index in [1.54, 1.807) is 60.5 Å². The monoisotopic (exact) mass is 507 g/mol. The van der Waals surface area contributed by atoms with E-state index in [0.717, 1.165) is 12.8 Å². The van der Waals surface area contributed by atoms with Gasteiger partial charge in [-0.1, -0.05) is 59.8 Å². The van der Waals surface area contributed by atoms with Gasteiger partial charge in [0.15, 0.2) is 5.17 Å². The van der Waals surface area contributed by atoms with Gasteiger partial charge in [-0.05, 0) is 54.8 Å². The number of ether oxygens (including phenoxy) is 1. The van der Waals surface area contributed by atoms with Gasteiger partial charge in [0.05, 0.1) is 12.8 Å². The number of hydrogen-bond acceptors (Lipinski definition) is 5. The van der Waals surface area contributed by atoms with E-state index in [9.17, 15) is 9.59 Å². The van der Waals surface area contributed by atoms with Gasteiger partial charge in [0.25, 0.3) is 0 Å². The summed E-state index contributed by atoms with van der Waals surface area (Å²) in [4.78, 5) is 32.6. The number of nitrogens with one attached hydrogen (secondary N) is 1. The standard InChI is InChI=1S/C27H26ClN3O3S/c1-34-23-11-5-10-22(17-23)29-26(33)24-18-25(32)31(16-6-9-19-7-3-2-4-8-19)27(35-24)30-21-14-12-20(28)13-15-21/h2-5,7-8,10-15,17,24H,6,9,16,18H2,1H3,(H,29,33). The molecule has 0 spiro atoms. The zero-order valence-corrected chi connectivity index (χ0v) is 20.9. The van der Waals surface area contributed by atoms with Crippen molar-refractivity contribution in [3.05, 3.63) is 89.4 Å². The number of carbonyl (C=O) groups is 2. The minimum atomic E-state index is -0.592. The van der Waals surface area contributed by atoms with E-state index in [2.05, 4.69) is 17.4 Å². The normalized spacial score (nSPS) is 16.9. The summed E-state index contributed by atoms with van der Waals surface area (Å²) >= 11 is 7.32. The Morgan fingerprint density at radius 3 is 2.63 bits per heavy atom. The molecule has 8 heteroatoms. The van der Waals surface area contributed by atoms with E-state index in [4.69, 9.17) is 21.3 Å². The molecule has 2 amide bonds. The Hall–Kier alpha value is -3.29. The average molecular weight is 508 g/mol. The van der Waals surface area contributed by atoms with Gasteiger partial charge < -0.3 is 10.1 Å². The van der Waals surface area contributed by atoms with Crippen LogP contribution in [0.15, 0.2) is 83.9 Å². The summed E-state index contributed by atoms with van der Waals surface area (Å²) in [5, 5.41) is 3.43. The number of anilines is 1. The Labute approximate surface area is 214 Å². The Morgan fingerprint density at radius 1 is 1.11 bits per heavy atom. The van der Waals surface area contributed by atoms with Crippen molar-refractivity contribution in [1.29, 1.82) is 0 Å². The SMILES string of the molecule is COc1cccc(NC(=O)C2CC(=O)N(CCCc3ccccc3)C(=Nc3ccc(Cl)cc3)S2)c1. The molecule has 1 aliphatic rings. The van der Waals surface area contributed by atoms with Crippen LogP contribution in [0.4, 0.5) is 11.4 Å². The van der Waals surface area contributed by atoms with Crippen LogP contribution >= 0.6 is 23.4 Å². The maximum atomic E-state index is 13.2. The van der Waals surface area contributed by atoms with Crippen LogP contribution < -0.4 is 10.1 Å². The van der Waals surface area contributed by atoms with Gasteiger partial charge in [-0.2, -0.15) is 0 Å². The highest BCUT2D eigenvalue weighted by atomic mass is 35.5. The van der Waals surface area contributed by atoms with Crippen molar-refractivity contribution in [3.8, 4) is 5.75 Å². The summed E-state index contributed by atoms with van der Waals surface area (Å²) in [6, 6.07) is 24.4. The lowest BCUT2D eigenvalue weighted by molar-refractivity contribution is -0.129. The van der Waals surface area contributed by atoms with Gasteiger partial charge in [0.1, 0.15) is 11.0 Å². The Morgan fingerprint density at radius 2 is 1.89 bits per heavy atom. The number of amidine groups is 1. The minimum absolute atomic E-state index is 0.103. The van der Waals surface area contributed by atoms with E-state index in [1.807, 2.05) is 18.2 Å². The lowest BCUT2D eigenvalue weighted by atomic mass is 10.1. The Kier molecular flexibility index (Phi) is 8.45. The fourth-order valence-electron chi connectivity index (χ4n) is 3.70. The van der Waals surface area contributed by atoms with E-state index in [-0.39, 0.29) is 18.2 Å². The van der Waals surface area contributed by atoms with Crippen LogP contribution in [-0.4, -0.2) is 40.8 Å². The number of halogens is 1. The Bertz CT molecular complexity index is 1200. The number of hydrogen-bond donors (Lipinski definition) is 1.